The standard InChI is InChI=1S/C17H23N5O3S2/c1-6-22-8-7-11(20-22)9-18-17(26)19-14-12(16(24)25-5)10(2)13(27-14)15(23)21(3)4/h7-8H,6,9H2,1-5H3,(H2,18,19,26). The molecule has 146 valence electrons. The van der Waals surface area contributed by atoms with E-state index in [0.29, 0.717) is 32.7 Å². The lowest BCUT2D eigenvalue weighted by molar-refractivity contribution is 0.0601. The Hall–Kier alpha value is -2.46. The van der Waals surface area contributed by atoms with Gasteiger partial charge in [0.2, 0.25) is 0 Å². The first-order valence-electron chi connectivity index (χ1n) is 8.29. The van der Waals surface area contributed by atoms with E-state index >= 15 is 0 Å². The van der Waals surface area contributed by atoms with Gasteiger partial charge in [-0.25, -0.2) is 4.79 Å². The predicted molar refractivity (Wildman–Crippen MR) is 109 cm³/mol. The van der Waals surface area contributed by atoms with Crippen molar-refractivity contribution in [3.8, 4) is 0 Å². The van der Waals surface area contributed by atoms with Gasteiger partial charge >= 0.3 is 5.97 Å². The van der Waals surface area contributed by atoms with Crippen molar-refractivity contribution in [1.82, 2.24) is 20.0 Å². The molecule has 0 bridgehead atoms. The van der Waals surface area contributed by atoms with Gasteiger partial charge < -0.3 is 20.3 Å². The third kappa shape index (κ3) is 4.83. The highest BCUT2D eigenvalue weighted by Crippen LogP contribution is 2.34. The molecule has 0 radical (unpaired) electrons. The zero-order valence-corrected chi connectivity index (χ0v) is 17.6. The fourth-order valence-electron chi connectivity index (χ4n) is 2.35. The van der Waals surface area contributed by atoms with Crippen LogP contribution in [0.1, 0.15) is 38.2 Å². The molecule has 0 fully saturated rings. The molecule has 0 saturated carbocycles. The summed E-state index contributed by atoms with van der Waals surface area (Å²) in [4.78, 5) is 26.5. The second-order valence-corrected chi connectivity index (χ2v) is 7.35. The van der Waals surface area contributed by atoms with E-state index in [2.05, 4.69) is 15.7 Å². The summed E-state index contributed by atoms with van der Waals surface area (Å²) in [6.45, 7) is 4.97. The Morgan fingerprint density at radius 3 is 2.67 bits per heavy atom. The number of methoxy groups -OCH3 is 1. The maximum Gasteiger partial charge on any atom is 0.341 e. The van der Waals surface area contributed by atoms with E-state index < -0.39 is 5.97 Å². The summed E-state index contributed by atoms with van der Waals surface area (Å²) in [5.41, 5.74) is 1.73. The molecule has 2 aromatic heterocycles. The van der Waals surface area contributed by atoms with Crippen molar-refractivity contribution >= 4 is 45.5 Å². The van der Waals surface area contributed by atoms with Gasteiger partial charge in [0.05, 0.1) is 29.8 Å². The number of amides is 1. The fraction of sp³-hybridized carbons (Fsp3) is 0.412. The number of anilines is 1. The van der Waals surface area contributed by atoms with Crippen LogP contribution in [-0.2, 0) is 17.8 Å². The van der Waals surface area contributed by atoms with Gasteiger partial charge in [-0.15, -0.1) is 11.3 Å². The van der Waals surface area contributed by atoms with E-state index in [1.165, 1.54) is 23.3 Å². The predicted octanol–water partition coefficient (Wildman–Crippen LogP) is 2.25. The van der Waals surface area contributed by atoms with Crippen LogP contribution in [0.15, 0.2) is 12.3 Å². The number of aromatic nitrogens is 2. The van der Waals surface area contributed by atoms with Gasteiger partial charge in [0.25, 0.3) is 5.91 Å². The molecule has 0 spiro atoms. The first kappa shape index (κ1) is 20.8. The lowest BCUT2D eigenvalue weighted by Crippen LogP contribution is -2.28. The van der Waals surface area contributed by atoms with E-state index in [0.717, 1.165) is 12.2 Å². The van der Waals surface area contributed by atoms with Gasteiger partial charge in [0, 0.05) is 26.8 Å². The van der Waals surface area contributed by atoms with E-state index in [4.69, 9.17) is 17.0 Å². The second-order valence-electron chi connectivity index (χ2n) is 5.92. The number of ether oxygens (including phenoxy) is 1. The molecule has 10 heteroatoms. The molecule has 2 heterocycles. The first-order valence-corrected chi connectivity index (χ1v) is 9.51. The Morgan fingerprint density at radius 2 is 2.11 bits per heavy atom. The highest BCUT2D eigenvalue weighted by Gasteiger charge is 2.26. The van der Waals surface area contributed by atoms with Crippen LogP contribution in [0.25, 0.3) is 0 Å². The molecule has 2 rings (SSSR count). The molecule has 0 saturated heterocycles. The van der Waals surface area contributed by atoms with Gasteiger partial charge in [-0.05, 0) is 37.7 Å². The fourth-order valence-corrected chi connectivity index (χ4v) is 3.81. The number of esters is 1. The molecular formula is C17H23N5O3S2. The monoisotopic (exact) mass is 409 g/mol. The van der Waals surface area contributed by atoms with E-state index in [9.17, 15) is 9.59 Å². The number of hydrogen-bond donors (Lipinski definition) is 2. The van der Waals surface area contributed by atoms with Crippen molar-refractivity contribution in [3.05, 3.63) is 34.0 Å². The number of hydrogen-bond acceptors (Lipinski definition) is 6. The number of rotatable bonds is 6. The number of carbonyl (C=O) groups excluding carboxylic acids is 2. The minimum Gasteiger partial charge on any atom is -0.465 e. The van der Waals surface area contributed by atoms with Crippen LogP contribution in [0.4, 0.5) is 5.00 Å². The molecule has 2 aromatic rings. The molecule has 27 heavy (non-hydrogen) atoms. The molecule has 0 aliphatic heterocycles. The lowest BCUT2D eigenvalue weighted by atomic mass is 10.1. The van der Waals surface area contributed by atoms with Crippen LogP contribution in [-0.4, -0.2) is 52.9 Å². The van der Waals surface area contributed by atoms with Crippen molar-refractivity contribution in [2.75, 3.05) is 26.5 Å². The van der Waals surface area contributed by atoms with Crippen molar-refractivity contribution < 1.29 is 14.3 Å². The van der Waals surface area contributed by atoms with Crippen LogP contribution in [0, 0.1) is 6.92 Å². The summed E-state index contributed by atoms with van der Waals surface area (Å²) < 4.78 is 6.69. The highest BCUT2D eigenvalue weighted by molar-refractivity contribution is 7.80. The topological polar surface area (TPSA) is 88.5 Å². The largest absolute Gasteiger partial charge is 0.465 e. The van der Waals surface area contributed by atoms with Crippen LogP contribution in [0.3, 0.4) is 0 Å². The summed E-state index contributed by atoms with van der Waals surface area (Å²) in [7, 11) is 4.62. The van der Waals surface area contributed by atoms with E-state index in [-0.39, 0.29) is 5.91 Å². The Kier molecular flexibility index (Phi) is 6.92. The molecule has 0 unspecified atom stereocenters. The Labute approximate surface area is 167 Å². The SMILES string of the molecule is CCn1ccc(CNC(=S)Nc2sc(C(=O)N(C)C)c(C)c2C(=O)OC)n1. The molecule has 0 aliphatic rings. The maximum absolute atomic E-state index is 12.4. The number of carbonyl (C=O) groups is 2. The van der Waals surface area contributed by atoms with Crippen LogP contribution in [0.2, 0.25) is 0 Å². The third-order valence-corrected chi connectivity index (χ3v) is 5.26. The zero-order chi connectivity index (χ0) is 20.1. The van der Waals surface area contributed by atoms with Crippen molar-refractivity contribution in [1.29, 1.82) is 0 Å². The minimum atomic E-state index is -0.520. The number of thiocarbonyl (C=S) groups is 1. The lowest BCUT2D eigenvalue weighted by Gasteiger charge is -2.09. The minimum absolute atomic E-state index is 0.181. The van der Waals surface area contributed by atoms with Crippen molar-refractivity contribution in [2.45, 2.75) is 26.9 Å². The molecule has 0 aromatic carbocycles. The highest BCUT2D eigenvalue weighted by atomic mass is 32.1. The van der Waals surface area contributed by atoms with Gasteiger partial charge in [0.1, 0.15) is 5.00 Å². The Balaban J connectivity index is 2.18. The molecule has 0 atom stereocenters. The van der Waals surface area contributed by atoms with Gasteiger partial charge in [-0.2, -0.15) is 5.10 Å². The number of thiophene rings is 1. The average molecular weight is 410 g/mol. The summed E-state index contributed by atoms with van der Waals surface area (Å²) >= 11 is 6.50. The molecule has 1 amide bonds. The van der Waals surface area contributed by atoms with E-state index in [1.54, 1.807) is 21.0 Å². The van der Waals surface area contributed by atoms with Gasteiger partial charge in [-0.3, -0.25) is 9.48 Å². The Bertz CT molecular complexity index is 857. The van der Waals surface area contributed by atoms with Gasteiger partial charge in [0.15, 0.2) is 5.11 Å². The maximum atomic E-state index is 12.4. The van der Waals surface area contributed by atoms with E-state index in [1.807, 2.05) is 23.9 Å². The average Bonchev–Trinajstić information content (AvgIpc) is 3.23. The molecule has 0 aliphatic carbocycles. The number of aryl methyl sites for hydroxylation is 1. The quantitative estimate of drug-likeness (QED) is 0.559. The first-order chi connectivity index (χ1) is 12.8. The van der Waals surface area contributed by atoms with Crippen LogP contribution >= 0.6 is 23.6 Å². The number of nitrogens with one attached hydrogen (secondary N) is 2. The molecule has 8 nitrogen and oxygen atoms in total. The normalized spacial score (nSPS) is 10.4. The number of nitrogens with zero attached hydrogens (tertiary/aromatic N) is 3. The van der Waals surface area contributed by atoms with Gasteiger partial charge in [-0.1, -0.05) is 0 Å². The third-order valence-electron chi connectivity index (χ3n) is 3.81. The molecule has 2 N–H and O–H groups in total. The summed E-state index contributed by atoms with van der Waals surface area (Å²) in [5, 5.41) is 11.2. The summed E-state index contributed by atoms with van der Waals surface area (Å²) in [6, 6.07) is 1.90. The molecular weight excluding hydrogens is 386 g/mol. The second kappa shape index (κ2) is 8.96. The summed E-state index contributed by atoms with van der Waals surface area (Å²) in [6.07, 6.45) is 1.89. The van der Waals surface area contributed by atoms with Crippen LogP contribution < -0.4 is 10.6 Å². The van der Waals surface area contributed by atoms with Crippen molar-refractivity contribution in [3.63, 3.8) is 0 Å². The summed E-state index contributed by atoms with van der Waals surface area (Å²) in [5.74, 6) is -0.701. The smallest absolute Gasteiger partial charge is 0.341 e. The Morgan fingerprint density at radius 1 is 1.41 bits per heavy atom. The van der Waals surface area contributed by atoms with Crippen LogP contribution in [0.5, 0.6) is 0 Å². The van der Waals surface area contributed by atoms with Crippen molar-refractivity contribution in [2.24, 2.45) is 0 Å². The zero-order valence-electron chi connectivity index (χ0n) is 16.0.